The van der Waals surface area contributed by atoms with E-state index < -0.39 is 0 Å². The summed E-state index contributed by atoms with van der Waals surface area (Å²) >= 11 is 6.63. The molecule has 2 heterocycles. The summed E-state index contributed by atoms with van der Waals surface area (Å²) in [6.45, 7) is 11.0. The molecule has 0 saturated carbocycles. The van der Waals surface area contributed by atoms with Gasteiger partial charge in [0.15, 0.2) is 5.78 Å². The van der Waals surface area contributed by atoms with E-state index in [1.807, 2.05) is 30.3 Å². The van der Waals surface area contributed by atoms with E-state index in [-0.39, 0.29) is 16.9 Å². The number of pyridine rings is 1. The molecule has 1 aliphatic heterocycles. The highest BCUT2D eigenvalue weighted by Crippen LogP contribution is 2.39. The van der Waals surface area contributed by atoms with Crippen molar-refractivity contribution < 1.29 is 9.53 Å². The Labute approximate surface area is 214 Å². The zero-order valence-electron chi connectivity index (χ0n) is 21.3. The van der Waals surface area contributed by atoms with Gasteiger partial charge >= 0.3 is 0 Å². The van der Waals surface area contributed by atoms with Crippen LogP contribution in [-0.2, 0) is 6.42 Å². The molecule has 0 bridgehead atoms. The van der Waals surface area contributed by atoms with Crippen LogP contribution in [0.2, 0.25) is 5.02 Å². The molecule has 0 spiro atoms. The molecule has 5 heteroatoms. The Morgan fingerprint density at radius 2 is 1.71 bits per heavy atom. The molecule has 0 radical (unpaired) electrons. The number of carbonyl (C=O) groups is 1. The van der Waals surface area contributed by atoms with Crippen LogP contribution in [0.4, 0.5) is 0 Å². The Kier molecular flexibility index (Phi) is 7.35. The highest BCUT2D eigenvalue weighted by atomic mass is 35.5. The number of nitrogens with zero attached hydrogens (tertiary/aromatic N) is 1. The molecule has 0 aliphatic carbocycles. The van der Waals surface area contributed by atoms with Crippen molar-refractivity contribution >= 4 is 17.4 Å². The maximum Gasteiger partial charge on any atom is 0.163 e. The predicted molar refractivity (Wildman–Crippen MR) is 144 cm³/mol. The van der Waals surface area contributed by atoms with E-state index in [0.29, 0.717) is 28.7 Å². The second-order valence-corrected chi connectivity index (χ2v) is 11.3. The normalized spacial score (nSPS) is 17.2. The maximum absolute atomic E-state index is 13.2. The van der Waals surface area contributed by atoms with Gasteiger partial charge in [-0.3, -0.25) is 9.78 Å². The number of rotatable bonds is 7. The van der Waals surface area contributed by atoms with Crippen LogP contribution >= 0.6 is 11.6 Å². The quantitative estimate of drug-likeness (QED) is 0.342. The zero-order chi connectivity index (χ0) is 25.2. The number of benzene rings is 2. The lowest BCUT2D eigenvalue weighted by Gasteiger charge is -2.46. The van der Waals surface area contributed by atoms with Crippen LogP contribution in [0.1, 0.15) is 69.8 Å². The number of piperidine rings is 1. The highest BCUT2D eigenvalue weighted by molar-refractivity contribution is 6.32. The van der Waals surface area contributed by atoms with Gasteiger partial charge in [0.05, 0.1) is 5.02 Å². The molecule has 4 rings (SSSR count). The van der Waals surface area contributed by atoms with Gasteiger partial charge in [0.1, 0.15) is 11.5 Å². The number of Topliss-reactive ketones (excluding diaryl/α,β-unsaturated/α-hetero) is 1. The second kappa shape index (κ2) is 10.1. The third-order valence-electron chi connectivity index (χ3n) is 6.69. The number of nitrogens with one attached hydrogen (secondary N) is 1. The number of hydrogen-bond acceptors (Lipinski definition) is 4. The average molecular weight is 491 g/mol. The van der Waals surface area contributed by atoms with Crippen LogP contribution in [-0.4, -0.2) is 21.8 Å². The van der Waals surface area contributed by atoms with Crippen LogP contribution in [0.3, 0.4) is 0 Å². The maximum atomic E-state index is 13.2. The number of hydrogen-bond donors (Lipinski definition) is 1. The van der Waals surface area contributed by atoms with Crippen molar-refractivity contribution in [3.8, 4) is 22.6 Å². The highest BCUT2D eigenvalue weighted by Gasteiger charge is 2.38. The number of aromatic nitrogens is 1. The van der Waals surface area contributed by atoms with Crippen LogP contribution in [0.15, 0.2) is 60.9 Å². The lowest BCUT2D eigenvalue weighted by molar-refractivity contribution is 0.0864. The lowest BCUT2D eigenvalue weighted by atomic mass is 9.74. The van der Waals surface area contributed by atoms with Crippen molar-refractivity contribution in [2.24, 2.45) is 5.92 Å². The minimum atomic E-state index is 0.0155. The molecule has 0 amide bonds. The molecule has 1 saturated heterocycles. The van der Waals surface area contributed by atoms with E-state index in [4.69, 9.17) is 16.3 Å². The standard InChI is InChI=1S/C30H35ClN2O2/c1-6-21-8-7-9-27(28(21)22-12-14-32-15-13-22)35-26-11-10-23(17-24(26)31)25(34)16-20-18-29(2,3)33-30(4,5)19-20/h7-15,17,20,33H,6,16,18-19H2,1-5H3. The Bertz CT molecular complexity index is 1190. The fourth-order valence-electron chi connectivity index (χ4n) is 5.74. The summed E-state index contributed by atoms with van der Waals surface area (Å²) in [4.78, 5) is 17.3. The third-order valence-corrected chi connectivity index (χ3v) is 6.98. The number of aryl methyl sites for hydroxylation is 1. The first-order valence-corrected chi connectivity index (χ1v) is 12.8. The molecule has 184 valence electrons. The first-order valence-electron chi connectivity index (χ1n) is 12.4. The Balaban J connectivity index is 1.54. The summed E-state index contributed by atoms with van der Waals surface area (Å²) in [5.74, 6) is 1.73. The summed E-state index contributed by atoms with van der Waals surface area (Å²) in [5, 5.41) is 4.12. The number of halogens is 1. The first-order chi connectivity index (χ1) is 16.6. The molecule has 35 heavy (non-hydrogen) atoms. The van der Waals surface area contributed by atoms with Gasteiger partial charge in [-0.15, -0.1) is 0 Å². The molecular formula is C30H35ClN2O2. The first kappa shape index (κ1) is 25.4. The Morgan fingerprint density at radius 3 is 2.34 bits per heavy atom. The van der Waals surface area contributed by atoms with Crippen molar-refractivity contribution in [3.63, 3.8) is 0 Å². The molecule has 0 unspecified atom stereocenters. The van der Waals surface area contributed by atoms with Gasteiger partial charge < -0.3 is 10.1 Å². The molecule has 1 aromatic heterocycles. The molecule has 0 atom stereocenters. The fraction of sp³-hybridized carbons (Fsp3) is 0.400. The van der Waals surface area contributed by atoms with E-state index in [0.717, 1.165) is 36.1 Å². The third kappa shape index (κ3) is 6.12. The fourth-order valence-corrected chi connectivity index (χ4v) is 5.96. The molecule has 3 aromatic rings. The molecule has 1 fully saturated rings. The van der Waals surface area contributed by atoms with Gasteiger partial charge in [0.25, 0.3) is 0 Å². The minimum absolute atomic E-state index is 0.0155. The number of ketones is 1. The summed E-state index contributed by atoms with van der Waals surface area (Å²) in [5.41, 5.74) is 3.92. The zero-order valence-corrected chi connectivity index (χ0v) is 22.1. The smallest absolute Gasteiger partial charge is 0.163 e. The Hall–Kier alpha value is -2.69. The summed E-state index contributed by atoms with van der Waals surface area (Å²) < 4.78 is 6.30. The topological polar surface area (TPSA) is 51.2 Å². The summed E-state index contributed by atoms with van der Waals surface area (Å²) in [6.07, 6.45) is 6.91. The van der Waals surface area contributed by atoms with E-state index in [2.05, 4.69) is 51.0 Å². The van der Waals surface area contributed by atoms with Gasteiger partial charge in [-0.25, -0.2) is 0 Å². The van der Waals surface area contributed by atoms with E-state index in [1.165, 1.54) is 5.56 Å². The minimum Gasteiger partial charge on any atom is -0.455 e. The summed E-state index contributed by atoms with van der Waals surface area (Å²) in [7, 11) is 0. The lowest BCUT2D eigenvalue weighted by Crippen LogP contribution is -2.57. The Morgan fingerprint density at radius 1 is 1.03 bits per heavy atom. The van der Waals surface area contributed by atoms with Crippen LogP contribution in [0.5, 0.6) is 11.5 Å². The van der Waals surface area contributed by atoms with Crippen molar-refractivity contribution in [1.82, 2.24) is 10.3 Å². The second-order valence-electron chi connectivity index (χ2n) is 10.9. The predicted octanol–water partition coefficient (Wildman–Crippen LogP) is 7.89. The van der Waals surface area contributed by atoms with Crippen LogP contribution in [0, 0.1) is 5.92 Å². The number of carbonyl (C=O) groups excluding carboxylic acids is 1. The van der Waals surface area contributed by atoms with Gasteiger partial charge in [0.2, 0.25) is 0 Å². The van der Waals surface area contributed by atoms with Crippen LogP contribution in [0.25, 0.3) is 11.1 Å². The van der Waals surface area contributed by atoms with E-state index in [9.17, 15) is 4.79 Å². The summed E-state index contributed by atoms with van der Waals surface area (Å²) in [6, 6.07) is 15.4. The molecule has 4 nitrogen and oxygen atoms in total. The molecule has 1 aliphatic rings. The van der Waals surface area contributed by atoms with Gasteiger partial charge in [-0.2, -0.15) is 0 Å². The molecule has 1 N–H and O–H groups in total. The van der Waals surface area contributed by atoms with Crippen molar-refractivity contribution in [1.29, 1.82) is 0 Å². The van der Waals surface area contributed by atoms with Gasteiger partial charge in [-0.05, 0) is 100 Å². The van der Waals surface area contributed by atoms with Gasteiger partial charge in [-0.1, -0.05) is 30.7 Å². The van der Waals surface area contributed by atoms with E-state index >= 15 is 0 Å². The van der Waals surface area contributed by atoms with Crippen molar-refractivity contribution in [2.45, 2.75) is 71.4 Å². The monoisotopic (exact) mass is 490 g/mol. The molecular weight excluding hydrogens is 456 g/mol. The van der Waals surface area contributed by atoms with Gasteiger partial charge in [0, 0.05) is 41.0 Å². The van der Waals surface area contributed by atoms with E-state index in [1.54, 1.807) is 24.5 Å². The SMILES string of the molecule is CCc1cccc(Oc2ccc(C(=O)CC3CC(C)(C)NC(C)(C)C3)cc2Cl)c1-c1ccncc1. The van der Waals surface area contributed by atoms with Crippen molar-refractivity contribution in [3.05, 3.63) is 77.1 Å². The number of ether oxygens (including phenoxy) is 1. The molecule has 2 aromatic carbocycles. The largest absolute Gasteiger partial charge is 0.455 e. The average Bonchev–Trinajstić information content (AvgIpc) is 2.78. The van der Waals surface area contributed by atoms with Crippen molar-refractivity contribution in [2.75, 3.05) is 0 Å². The van der Waals surface area contributed by atoms with Crippen LogP contribution < -0.4 is 10.1 Å².